The molecule has 0 fully saturated rings. The lowest BCUT2D eigenvalue weighted by Gasteiger charge is -2.27. The summed E-state index contributed by atoms with van der Waals surface area (Å²) in [7, 11) is 3.70. The van der Waals surface area contributed by atoms with E-state index in [0.717, 1.165) is 6.42 Å². The number of ketones is 1. The zero-order chi connectivity index (χ0) is 26.2. The molecule has 8 heteroatoms. The maximum Gasteiger partial charge on any atom is 0.347 e. The van der Waals surface area contributed by atoms with Crippen molar-refractivity contribution in [1.29, 1.82) is 0 Å². The van der Waals surface area contributed by atoms with E-state index in [4.69, 9.17) is 9.47 Å². The van der Waals surface area contributed by atoms with E-state index in [-0.39, 0.29) is 39.8 Å². The Morgan fingerprint density at radius 2 is 1.56 bits per heavy atom. The molecule has 0 saturated heterocycles. The van der Waals surface area contributed by atoms with Crippen molar-refractivity contribution >= 4 is 23.3 Å². The smallest absolute Gasteiger partial charge is 0.347 e. The van der Waals surface area contributed by atoms with Gasteiger partial charge in [-0.15, -0.1) is 0 Å². The number of rotatable bonds is 10. The molecule has 1 amide bonds. The van der Waals surface area contributed by atoms with Gasteiger partial charge in [-0.3, -0.25) is 14.5 Å². The fourth-order valence-electron chi connectivity index (χ4n) is 3.59. The highest BCUT2D eigenvalue weighted by Gasteiger charge is 2.27. The molecule has 0 radical (unpaired) electrons. The maximum atomic E-state index is 13.4. The Hall–Kier alpha value is -4.17. The van der Waals surface area contributed by atoms with Crippen LogP contribution in [-0.2, 0) is 4.79 Å². The highest BCUT2D eigenvalue weighted by atomic mass is 16.5. The van der Waals surface area contributed by atoms with Gasteiger partial charge in [0, 0.05) is 12.6 Å². The first kappa shape index (κ1) is 26.4. The fourth-order valence-corrected chi connectivity index (χ4v) is 3.59. The van der Waals surface area contributed by atoms with Gasteiger partial charge in [0.2, 0.25) is 5.91 Å². The number of esters is 1. The topological polar surface area (TPSA) is 105 Å². The number of hydrogen-bond donors (Lipinski definition) is 2. The second-order valence-corrected chi connectivity index (χ2v) is 8.45. The first-order valence-electron chi connectivity index (χ1n) is 11.6. The molecule has 0 heterocycles. The van der Waals surface area contributed by atoms with E-state index < -0.39 is 18.0 Å². The SMILES string of the molecule is CCCC(Oc1c(C(=O)Oc2ccc(NC(C)=O)cc2)cccc1C(=O)c1ccccc1O)N(C)C. The van der Waals surface area contributed by atoms with E-state index in [0.29, 0.717) is 12.1 Å². The molecule has 0 aliphatic carbocycles. The monoisotopic (exact) mass is 490 g/mol. The first-order valence-corrected chi connectivity index (χ1v) is 11.6. The van der Waals surface area contributed by atoms with Crippen molar-refractivity contribution < 1.29 is 29.0 Å². The van der Waals surface area contributed by atoms with Gasteiger partial charge in [-0.25, -0.2) is 4.79 Å². The fraction of sp³-hybridized carbons (Fsp3) is 0.250. The third kappa shape index (κ3) is 6.49. The zero-order valence-corrected chi connectivity index (χ0v) is 20.8. The van der Waals surface area contributed by atoms with E-state index in [1.54, 1.807) is 48.5 Å². The second kappa shape index (κ2) is 12.0. The van der Waals surface area contributed by atoms with Gasteiger partial charge in [0.25, 0.3) is 0 Å². The lowest BCUT2D eigenvalue weighted by atomic mass is 9.99. The number of nitrogens with one attached hydrogen (secondary N) is 1. The summed E-state index contributed by atoms with van der Waals surface area (Å²) in [5.74, 6) is -1.23. The molecule has 0 spiro atoms. The van der Waals surface area contributed by atoms with Gasteiger partial charge in [-0.2, -0.15) is 0 Å². The summed E-state index contributed by atoms with van der Waals surface area (Å²) in [6.07, 6.45) is 1.07. The average molecular weight is 491 g/mol. The van der Waals surface area contributed by atoms with Crippen LogP contribution in [0.15, 0.2) is 66.7 Å². The van der Waals surface area contributed by atoms with E-state index in [1.165, 1.54) is 25.1 Å². The summed E-state index contributed by atoms with van der Waals surface area (Å²) in [5.41, 5.74) is 0.869. The highest BCUT2D eigenvalue weighted by molar-refractivity contribution is 6.14. The Labute approximate surface area is 210 Å². The van der Waals surface area contributed by atoms with Crippen molar-refractivity contribution in [3.63, 3.8) is 0 Å². The first-order chi connectivity index (χ1) is 17.2. The van der Waals surface area contributed by atoms with Crippen LogP contribution in [0.4, 0.5) is 5.69 Å². The molecule has 36 heavy (non-hydrogen) atoms. The number of aromatic hydroxyl groups is 1. The Kier molecular flexibility index (Phi) is 8.81. The third-order valence-corrected chi connectivity index (χ3v) is 5.38. The molecule has 0 aliphatic heterocycles. The number of benzene rings is 3. The quantitative estimate of drug-likeness (QED) is 0.181. The van der Waals surface area contributed by atoms with Crippen molar-refractivity contribution in [3.8, 4) is 17.2 Å². The molecule has 188 valence electrons. The van der Waals surface area contributed by atoms with Crippen molar-refractivity contribution in [2.24, 2.45) is 0 Å². The van der Waals surface area contributed by atoms with Crippen molar-refractivity contribution in [2.45, 2.75) is 32.9 Å². The standard InChI is InChI=1S/C28H30N2O6/c1-5-9-25(30(3)4)36-27-22(26(33)21-10-6-7-13-24(21)32)11-8-12-23(27)28(34)35-20-16-14-19(15-17-20)29-18(2)31/h6-8,10-17,25,32H,5,9H2,1-4H3,(H,29,31). The molecule has 0 aliphatic rings. The average Bonchev–Trinajstić information content (AvgIpc) is 2.84. The van der Waals surface area contributed by atoms with E-state index in [2.05, 4.69) is 5.32 Å². The largest absolute Gasteiger partial charge is 0.507 e. The van der Waals surface area contributed by atoms with Gasteiger partial charge < -0.3 is 19.9 Å². The van der Waals surface area contributed by atoms with Crippen LogP contribution in [0.5, 0.6) is 17.2 Å². The summed E-state index contributed by atoms with van der Waals surface area (Å²) < 4.78 is 11.8. The Balaban J connectivity index is 2.01. The molecule has 8 nitrogen and oxygen atoms in total. The van der Waals surface area contributed by atoms with Gasteiger partial charge >= 0.3 is 5.97 Å². The predicted octanol–water partition coefficient (Wildman–Crippen LogP) is 4.87. The molecule has 0 bridgehead atoms. The van der Waals surface area contributed by atoms with E-state index >= 15 is 0 Å². The number of hydrogen-bond acceptors (Lipinski definition) is 7. The number of para-hydroxylation sites is 2. The molecule has 3 aromatic carbocycles. The van der Waals surface area contributed by atoms with Crippen molar-refractivity contribution in [1.82, 2.24) is 4.90 Å². The van der Waals surface area contributed by atoms with Crippen molar-refractivity contribution in [3.05, 3.63) is 83.4 Å². The lowest BCUT2D eigenvalue weighted by Crippen LogP contribution is -2.34. The van der Waals surface area contributed by atoms with Gasteiger partial charge in [0.05, 0.1) is 11.1 Å². The summed E-state index contributed by atoms with van der Waals surface area (Å²) in [6, 6.07) is 17.2. The molecule has 1 unspecified atom stereocenters. The van der Waals surface area contributed by atoms with Crippen LogP contribution in [0.2, 0.25) is 0 Å². The second-order valence-electron chi connectivity index (χ2n) is 8.45. The number of phenols is 1. The van der Waals surface area contributed by atoms with Crippen LogP contribution < -0.4 is 14.8 Å². The number of phenolic OH excluding ortho intramolecular Hbond substituents is 1. The Morgan fingerprint density at radius 1 is 0.917 bits per heavy atom. The lowest BCUT2D eigenvalue weighted by molar-refractivity contribution is -0.114. The molecule has 3 aromatic rings. The predicted molar refractivity (Wildman–Crippen MR) is 137 cm³/mol. The van der Waals surface area contributed by atoms with E-state index in [9.17, 15) is 19.5 Å². The minimum absolute atomic E-state index is 0.0742. The number of carbonyl (C=O) groups excluding carboxylic acids is 3. The number of anilines is 1. The molecule has 2 N–H and O–H groups in total. The minimum Gasteiger partial charge on any atom is -0.507 e. The summed E-state index contributed by atoms with van der Waals surface area (Å²) in [6.45, 7) is 3.41. The molecule has 0 aromatic heterocycles. The minimum atomic E-state index is -0.710. The normalized spacial score (nSPS) is 11.6. The molecular weight excluding hydrogens is 460 g/mol. The number of amides is 1. The third-order valence-electron chi connectivity index (χ3n) is 5.38. The molecule has 3 rings (SSSR count). The summed E-state index contributed by atoms with van der Waals surface area (Å²) in [4.78, 5) is 39.8. The molecule has 1 atom stereocenters. The molecular formula is C28H30N2O6. The van der Waals surface area contributed by atoms with Crippen molar-refractivity contribution in [2.75, 3.05) is 19.4 Å². The van der Waals surface area contributed by atoms with Gasteiger partial charge in [-0.05, 0) is 69.0 Å². The van der Waals surface area contributed by atoms with Crippen LogP contribution in [0.3, 0.4) is 0 Å². The van der Waals surface area contributed by atoms with Gasteiger partial charge in [0.1, 0.15) is 22.8 Å². The molecule has 0 saturated carbocycles. The van der Waals surface area contributed by atoms with Gasteiger partial charge in [0.15, 0.2) is 12.0 Å². The summed E-state index contributed by atoms with van der Waals surface area (Å²) >= 11 is 0. The van der Waals surface area contributed by atoms with E-state index in [1.807, 2.05) is 25.9 Å². The van der Waals surface area contributed by atoms with Gasteiger partial charge in [-0.1, -0.05) is 31.5 Å². The maximum absolute atomic E-state index is 13.4. The Bertz CT molecular complexity index is 1240. The Morgan fingerprint density at radius 3 is 2.17 bits per heavy atom. The van der Waals surface area contributed by atoms with Crippen LogP contribution in [0.25, 0.3) is 0 Å². The van der Waals surface area contributed by atoms with Crippen LogP contribution in [0, 0.1) is 0 Å². The summed E-state index contributed by atoms with van der Waals surface area (Å²) in [5, 5.41) is 12.9. The van der Waals surface area contributed by atoms with Crippen LogP contribution in [0.1, 0.15) is 53.0 Å². The highest BCUT2D eigenvalue weighted by Crippen LogP contribution is 2.32. The van der Waals surface area contributed by atoms with Crippen LogP contribution in [-0.4, -0.2) is 48.0 Å². The number of nitrogens with zero attached hydrogens (tertiary/aromatic N) is 1. The number of ether oxygens (including phenoxy) is 2. The van der Waals surface area contributed by atoms with Crippen LogP contribution >= 0.6 is 0 Å². The number of carbonyl (C=O) groups is 3. The zero-order valence-electron chi connectivity index (χ0n) is 20.8.